The first-order valence-electron chi connectivity index (χ1n) is 6.07. The summed E-state index contributed by atoms with van der Waals surface area (Å²) < 4.78 is 13.5. The maximum atomic E-state index is 13.5. The van der Waals surface area contributed by atoms with E-state index < -0.39 is 17.8 Å². The number of thioether (sulfide) groups is 1. The average Bonchev–Trinajstić information content (AvgIpc) is 2.40. The van der Waals surface area contributed by atoms with Crippen molar-refractivity contribution in [2.24, 2.45) is 0 Å². The Morgan fingerprint density at radius 3 is 2.70 bits per heavy atom. The molecule has 1 aromatic rings. The van der Waals surface area contributed by atoms with Crippen molar-refractivity contribution in [2.45, 2.75) is 19.4 Å². The number of aromatic carboxylic acids is 1. The highest BCUT2D eigenvalue weighted by Crippen LogP contribution is 2.16. The molecule has 0 aliphatic carbocycles. The molecule has 0 heterocycles. The van der Waals surface area contributed by atoms with Gasteiger partial charge in [0.05, 0.1) is 11.3 Å². The van der Waals surface area contributed by atoms with Gasteiger partial charge in [0, 0.05) is 11.8 Å². The van der Waals surface area contributed by atoms with E-state index in [1.807, 2.05) is 13.2 Å². The van der Waals surface area contributed by atoms with Gasteiger partial charge in [-0.2, -0.15) is 11.8 Å². The van der Waals surface area contributed by atoms with Gasteiger partial charge in [-0.3, -0.25) is 0 Å². The minimum atomic E-state index is -1.18. The number of nitrogens with one attached hydrogen (secondary N) is 2. The molecule has 1 rings (SSSR count). The van der Waals surface area contributed by atoms with Gasteiger partial charge in [-0.15, -0.1) is 0 Å². The van der Waals surface area contributed by atoms with Crippen LogP contribution in [0.15, 0.2) is 18.2 Å². The molecular weight excluding hydrogens is 283 g/mol. The first-order valence-corrected chi connectivity index (χ1v) is 7.46. The Morgan fingerprint density at radius 1 is 1.45 bits per heavy atom. The molecular formula is C13H17FN2O3S. The standard InChI is InChI=1S/C13H17FN2O3S/c1-3-9(7-20-2)15-13(19)16-11-6-8(12(17)18)4-5-10(11)14/h4-6,9H,3,7H2,1-2H3,(H,17,18)(H2,15,16,19). The van der Waals surface area contributed by atoms with E-state index in [-0.39, 0.29) is 17.3 Å². The zero-order valence-corrected chi connectivity index (χ0v) is 12.1. The molecule has 1 atom stereocenters. The van der Waals surface area contributed by atoms with Crippen LogP contribution in [0.25, 0.3) is 0 Å². The molecule has 0 fully saturated rings. The minimum absolute atomic E-state index is 0.0179. The summed E-state index contributed by atoms with van der Waals surface area (Å²) in [7, 11) is 0. The maximum Gasteiger partial charge on any atom is 0.335 e. The number of rotatable bonds is 6. The molecule has 5 nitrogen and oxygen atoms in total. The van der Waals surface area contributed by atoms with Crippen LogP contribution in [-0.2, 0) is 0 Å². The van der Waals surface area contributed by atoms with Crippen molar-refractivity contribution in [1.82, 2.24) is 5.32 Å². The number of anilines is 1. The van der Waals surface area contributed by atoms with Crippen molar-refractivity contribution in [1.29, 1.82) is 0 Å². The lowest BCUT2D eigenvalue weighted by Crippen LogP contribution is -2.39. The molecule has 20 heavy (non-hydrogen) atoms. The molecule has 7 heteroatoms. The molecule has 0 aromatic heterocycles. The number of halogens is 1. The van der Waals surface area contributed by atoms with Gasteiger partial charge in [0.25, 0.3) is 0 Å². The lowest BCUT2D eigenvalue weighted by Gasteiger charge is -2.16. The van der Waals surface area contributed by atoms with Gasteiger partial charge in [-0.1, -0.05) is 6.92 Å². The number of carbonyl (C=O) groups is 2. The van der Waals surface area contributed by atoms with E-state index in [9.17, 15) is 14.0 Å². The molecule has 0 saturated heterocycles. The topological polar surface area (TPSA) is 78.4 Å². The van der Waals surface area contributed by atoms with Crippen LogP contribution in [0.1, 0.15) is 23.7 Å². The Bertz CT molecular complexity index is 497. The number of carbonyl (C=O) groups excluding carboxylic acids is 1. The highest BCUT2D eigenvalue weighted by Gasteiger charge is 2.13. The summed E-state index contributed by atoms with van der Waals surface area (Å²) in [5.41, 5.74) is -0.237. The van der Waals surface area contributed by atoms with E-state index in [4.69, 9.17) is 5.11 Å². The normalized spacial score (nSPS) is 11.8. The molecule has 3 N–H and O–H groups in total. The fourth-order valence-corrected chi connectivity index (χ4v) is 2.28. The van der Waals surface area contributed by atoms with Crippen LogP contribution in [0.3, 0.4) is 0 Å². The van der Waals surface area contributed by atoms with Crippen LogP contribution >= 0.6 is 11.8 Å². The van der Waals surface area contributed by atoms with Crippen LogP contribution in [0.4, 0.5) is 14.9 Å². The Hall–Kier alpha value is -1.76. The van der Waals surface area contributed by atoms with Crippen LogP contribution in [-0.4, -0.2) is 35.2 Å². The molecule has 2 amide bonds. The van der Waals surface area contributed by atoms with Gasteiger partial charge < -0.3 is 15.7 Å². The Balaban J connectivity index is 2.74. The van der Waals surface area contributed by atoms with Crippen molar-refractivity contribution >= 4 is 29.4 Å². The van der Waals surface area contributed by atoms with Gasteiger partial charge in [0.1, 0.15) is 5.82 Å². The number of hydrogen-bond donors (Lipinski definition) is 3. The summed E-state index contributed by atoms with van der Waals surface area (Å²) in [4.78, 5) is 22.6. The van der Waals surface area contributed by atoms with Crippen molar-refractivity contribution in [3.05, 3.63) is 29.6 Å². The summed E-state index contributed by atoms with van der Waals surface area (Å²) in [5, 5.41) is 13.9. The van der Waals surface area contributed by atoms with Crippen LogP contribution in [0, 0.1) is 5.82 Å². The summed E-state index contributed by atoms with van der Waals surface area (Å²) in [6.45, 7) is 1.94. The number of carboxylic acids is 1. The van der Waals surface area contributed by atoms with E-state index in [0.717, 1.165) is 30.4 Å². The molecule has 0 aliphatic heterocycles. The van der Waals surface area contributed by atoms with Gasteiger partial charge in [0.2, 0.25) is 0 Å². The lowest BCUT2D eigenvalue weighted by molar-refractivity contribution is 0.0697. The second kappa shape index (κ2) is 7.74. The fraction of sp³-hybridized carbons (Fsp3) is 0.385. The first kappa shape index (κ1) is 16.3. The van der Waals surface area contributed by atoms with E-state index in [1.165, 1.54) is 0 Å². The predicted molar refractivity (Wildman–Crippen MR) is 78.0 cm³/mol. The summed E-state index contributed by atoms with van der Waals surface area (Å²) in [6.07, 6.45) is 2.68. The number of amides is 2. The number of benzene rings is 1. The van der Waals surface area contributed by atoms with Gasteiger partial charge >= 0.3 is 12.0 Å². The summed E-state index contributed by atoms with van der Waals surface area (Å²) in [6, 6.07) is 2.68. The average molecular weight is 300 g/mol. The monoisotopic (exact) mass is 300 g/mol. The number of urea groups is 1. The van der Waals surface area contributed by atoms with Crippen molar-refractivity contribution < 1.29 is 19.1 Å². The van der Waals surface area contributed by atoms with Crippen LogP contribution in [0.2, 0.25) is 0 Å². The molecule has 1 aromatic carbocycles. The van der Waals surface area contributed by atoms with Gasteiger partial charge in [-0.25, -0.2) is 14.0 Å². The second-order valence-corrected chi connectivity index (χ2v) is 5.07. The predicted octanol–water partition coefficient (Wildman–Crippen LogP) is 2.79. The first-order chi connectivity index (χ1) is 9.47. The van der Waals surface area contributed by atoms with Crippen LogP contribution in [0.5, 0.6) is 0 Å². The molecule has 0 aliphatic rings. The third-order valence-corrected chi connectivity index (χ3v) is 3.39. The summed E-state index contributed by atoms with van der Waals surface area (Å²) in [5.74, 6) is -1.10. The zero-order valence-electron chi connectivity index (χ0n) is 11.3. The molecule has 0 bridgehead atoms. The second-order valence-electron chi connectivity index (χ2n) is 4.16. The Labute approximate surface area is 120 Å². The largest absolute Gasteiger partial charge is 0.478 e. The fourth-order valence-electron chi connectivity index (χ4n) is 1.56. The van der Waals surface area contributed by atoms with Crippen molar-refractivity contribution in [2.75, 3.05) is 17.3 Å². The lowest BCUT2D eigenvalue weighted by atomic mass is 10.2. The molecule has 0 radical (unpaired) electrons. The minimum Gasteiger partial charge on any atom is -0.478 e. The molecule has 0 saturated carbocycles. The van der Waals surface area contributed by atoms with E-state index >= 15 is 0 Å². The third-order valence-electron chi connectivity index (χ3n) is 2.66. The third kappa shape index (κ3) is 4.73. The quantitative estimate of drug-likeness (QED) is 0.755. The van der Waals surface area contributed by atoms with Crippen molar-refractivity contribution in [3.8, 4) is 0 Å². The SMILES string of the molecule is CCC(CSC)NC(=O)Nc1cc(C(=O)O)ccc1F. The number of carboxylic acid groups (broad SMARTS) is 1. The molecule has 110 valence electrons. The molecule has 0 spiro atoms. The van der Waals surface area contributed by atoms with Crippen LogP contribution < -0.4 is 10.6 Å². The summed E-state index contributed by atoms with van der Waals surface area (Å²) >= 11 is 1.60. The van der Waals surface area contributed by atoms with E-state index in [0.29, 0.717) is 0 Å². The van der Waals surface area contributed by atoms with E-state index in [2.05, 4.69) is 10.6 Å². The molecule has 1 unspecified atom stereocenters. The Morgan fingerprint density at radius 2 is 2.15 bits per heavy atom. The maximum absolute atomic E-state index is 13.5. The van der Waals surface area contributed by atoms with Crippen molar-refractivity contribution in [3.63, 3.8) is 0 Å². The van der Waals surface area contributed by atoms with E-state index in [1.54, 1.807) is 11.8 Å². The smallest absolute Gasteiger partial charge is 0.335 e. The van der Waals surface area contributed by atoms with Gasteiger partial charge in [-0.05, 0) is 30.9 Å². The highest BCUT2D eigenvalue weighted by molar-refractivity contribution is 7.98. The zero-order chi connectivity index (χ0) is 15.1. The Kier molecular flexibility index (Phi) is 6.30. The highest BCUT2D eigenvalue weighted by atomic mass is 32.2. The van der Waals surface area contributed by atoms with Gasteiger partial charge in [0.15, 0.2) is 0 Å². The number of hydrogen-bond acceptors (Lipinski definition) is 3.